The summed E-state index contributed by atoms with van der Waals surface area (Å²) in [6, 6.07) is 18.4. The fourth-order valence-electron chi connectivity index (χ4n) is 2.11. The van der Waals surface area contributed by atoms with Crippen molar-refractivity contribution in [2.75, 3.05) is 0 Å². The molecule has 0 amide bonds. The number of H-pyrrole nitrogens is 1. The van der Waals surface area contributed by atoms with Gasteiger partial charge in [0.05, 0.1) is 0 Å². The summed E-state index contributed by atoms with van der Waals surface area (Å²) in [4.78, 5) is 4.54. The molecule has 94 valence electrons. The predicted molar refractivity (Wildman–Crippen MR) is 75.8 cm³/mol. The molecule has 0 aliphatic rings. The summed E-state index contributed by atoms with van der Waals surface area (Å²) >= 11 is 0. The Kier molecular flexibility index (Phi) is 3.11. The third kappa shape index (κ3) is 2.71. The van der Waals surface area contributed by atoms with E-state index in [0.29, 0.717) is 0 Å². The van der Waals surface area contributed by atoms with Crippen molar-refractivity contribution in [1.29, 1.82) is 0 Å². The zero-order chi connectivity index (χ0) is 13.1. The third-order valence-electron chi connectivity index (χ3n) is 3.02. The van der Waals surface area contributed by atoms with Gasteiger partial charge in [0.2, 0.25) is 0 Å². The monoisotopic (exact) mass is 249 g/mol. The standard InChI is InChI=1S/C16H15N3/c1-12-6-5-7-13(10-12)11-15-17-16(19-18-15)14-8-3-2-4-9-14/h2-10H,11H2,1H3,(H,17,18,19). The summed E-state index contributed by atoms with van der Waals surface area (Å²) in [5.74, 6) is 1.65. The number of aromatic amines is 1. The van der Waals surface area contributed by atoms with Crippen LogP contribution in [-0.4, -0.2) is 15.2 Å². The van der Waals surface area contributed by atoms with Crippen molar-refractivity contribution in [2.24, 2.45) is 0 Å². The van der Waals surface area contributed by atoms with E-state index >= 15 is 0 Å². The molecule has 0 saturated carbocycles. The number of hydrogen-bond acceptors (Lipinski definition) is 2. The largest absolute Gasteiger partial charge is 0.262 e. The fourth-order valence-corrected chi connectivity index (χ4v) is 2.11. The van der Waals surface area contributed by atoms with Gasteiger partial charge >= 0.3 is 0 Å². The molecule has 1 aromatic heterocycles. The minimum absolute atomic E-state index is 0.753. The van der Waals surface area contributed by atoms with Crippen LogP contribution in [0.4, 0.5) is 0 Å². The van der Waals surface area contributed by atoms with Crippen molar-refractivity contribution in [3.8, 4) is 11.4 Å². The van der Waals surface area contributed by atoms with Crippen LogP contribution in [0, 0.1) is 6.92 Å². The molecule has 0 radical (unpaired) electrons. The lowest BCUT2D eigenvalue weighted by Gasteiger charge is -1.99. The molecule has 19 heavy (non-hydrogen) atoms. The van der Waals surface area contributed by atoms with Crippen LogP contribution < -0.4 is 0 Å². The quantitative estimate of drug-likeness (QED) is 0.773. The number of nitrogens with one attached hydrogen (secondary N) is 1. The Bertz CT molecular complexity index is 671. The molecule has 1 heterocycles. The van der Waals surface area contributed by atoms with E-state index in [4.69, 9.17) is 0 Å². The smallest absolute Gasteiger partial charge is 0.181 e. The molecular formula is C16H15N3. The van der Waals surface area contributed by atoms with Crippen molar-refractivity contribution in [2.45, 2.75) is 13.3 Å². The molecule has 0 fully saturated rings. The van der Waals surface area contributed by atoms with E-state index < -0.39 is 0 Å². The van der Waals surface area contributed by atoms with E-state index in [2.05, 4.69) is 46.4 Å². The molecule has 1 N–H and O–H groups in total. The van der Waals surface area contributed by atoms with Gasteiger partial charge in [0.15, 0.2) is 5.82 Å². The Morgan fingerprint density at radius 2 is 1.84 bits per heavy atom. The number of aromatic nitrogens is 3. The SMILES string of the molecule is Cc1cccc(Cc2nc(-c3ccccc3)n[nH]2)c1. The van der Waals surface area contributed by atoms with Crippen molar-refractivity contribution >= 4 is 0 Å². The van der Waals surface area contributed by atoms with Crippen LogP contribution in [0.1, 0.15) is 17.0 Å². The molecule has 3 heteroatoms. The maximum atomic E-state index is 4.54. The van der Waals surface area contributed by atoms with Gasteiger partial charge in [0.1, 0.15) is 5.82 Å². The molecule has 0 spiro atoms. The third-order valence-corrected chi connectivity index (χ3v) is 3.02. The van der Waals surface area contributed by atoms with Crippen molar-refractivity contribution in [3.05, 3.63) is 71.5 Å². The molecule has 0 bridgehead atoms. The van der Waals surface area contributed by atoms with Crippen molar-refractivity contribution < 1.29 is 0 Å². The highest BCUT2D eigenvalue weighted by atomic mass is 15.2. The molecule has 0 atom stereocenters. The molecule has 0 unspecified atom stereocenters. The lowest BCUT2D eigenvalue weighted by atomic mass is 10.1. The number of aryl methyl sites for hydroxylation is 1. The number of benzene rings is 2. The topological polar surface area (TPSA) is 41.6 Å². The Labute approximate surface area is 112 Å². The summed E-state index contributed by atoms with van der Waals surface area (Å²) in [7, 11) is 0. The highest BCUT2D eigenvalue weighted by Gasteiger charge is 2.06. The lowest BCUT2D eigenvalue weighted by Crippen LogP contribution is -1.91. The normalized spacial score (nSPS) is 10.6. The molecular weight excluding hydrogens is 234 g/mol. The summed E-state index contributed by atoms with van der Waals surface area (Å²) in [6.45, 7) is 2.10. The van der Waals surface area contributed by atoms with Gasteiger partial charge in [-0.1, -0.05) is 60.2 Å². The predicted octanol–water partition coefficient (Wildman–Crippen LogP) is 3.37. The van der Waals surface area contributed by atoms with Crippen LogP contribution in [0.25, 0.3) is 11.4 Å². The second kappa shape index (κ2) is 5.06. The zero-order valence-electron chi connectivity index (χ0n) is 10.8. The summed E-state index contributed by atoms with van der Waals surface area (Å²) in [6.07, 6.45) is 0.779. The molecule has 0 aliphatic carbocycles. The highest BCUT2D eigenvalue weighted by molar-refractivity contribution is 5.53. The van der Waals surface area contributed by atoms with E-state index in [0.717, 1.165) is 23.6 Å². The van der Waals surface area contributed by atoms with Gasteiger partial charge in [-0.05, 0) is 12.5 Å². The second-order valence-corrected chi connectivity index (χ2v) is 4.64. The van der Waals surface area contributed by atoms with Crippen LogP contribution in [0.3, 0.4) is 0 Å². The molecule has 2 aromatic carbocycles. The first kappa shape index (κ1) is 11.7. The van der Waals surface area contributed by atoms with Gasteiger partial charge in [-0.3, -0.25) is 5.10 Å². The summed E-state index contributed by atoms with van der Waals surface area (Å²) in [5, 5.41) is 7.28. The van der Waals surface area contributed by atoms with E-state index in [1.165, 1.54) is 11.1 Å². The molecule has 3 nitrogen and oxygen atoms in total. The maximum absolute atomic E-state index is 4.54. The van der Waals surface area contributed by atoms with Crippen molar-refractivity contribution in [1.82, 2.24) is 15.2 Å². The highest BCUT2D eigenvalue weighted by Crippen LogP contribution is 2.15. The van der Waals surface area contributed by atoms with Gasteiger partial charge < -0.3 is 0 Å². The van der Waals surface area contributed by atoms with E-state index in [-0.39, 0.29) is 0 Å². The zero-order valence-corrected chi connectivity index (χ0v) is 10.8. The second-order valence-electron chi connectivity index (χ2n) is 4.64. The Hall–Kier alpha value is -2.42. The average Bonchev–Trinajstić information content (AvgIpc) is 2.88. The first-order valence-electron chi connectivity index (χ1n) is 6.33. The molecule has 0 saturated heterocycles. The van der Waals surface area contributed by atoms with Crippen LogP contribution in [0.2, 0.25) is 0 Å². The molecule has 0 aliphatic heterocycles. The van der Waals surface area contributed by atoms with Crippen molar-refractivity contribution in [3.63, 3.8) is 0 Å². The fraction of sp³-hybridized carbons (Fsp3) is 0.125. The van der Waals surface area contributed by atoms with Gasteiger partial charge in [-0.2, -0.15) is 5.10 Å². The summed E-state index contributed by atoms with van der Waals surface area (Å²) < 4.78 is 0. The van der Waals surface area contributed by atoms with Crippen LogP contribution in [0.5, 0.6) is 0 Å². The Morgan fingerprint density at radius 3 is 2.63 bits per heavy atom. The minimum Gasteiger partial charge on any atom is -0.262 e. The van der Waals surface area contributed by atoms with Crippen LogP contribution >= 0.6 is 0 Å². The average molecular weight is 249 g/mol. The van der Waals surface area contributed by atoms with Gasteiger partial charge in [0.25, 0.3) is 0 Å². The van der Waals surface area contributed by atoms with E-state index in [1.54, 1.807) is 0 Å². The van der Waals surface area contributed by atoms with Crippen LogP contribution in [-0.2, 0) is 6.42 Å². The lowest BCUT2D eigenvalue weighted by molar-refractivity contribution is 0.971. The molecule has 3 rings (SSSR count). The number of nitrogens with zero attached hydrogens (tertiary/aromatic N) is 2. The first-order valence-corrected chi connectivity index (χ1v) is 6.33. The van der Waals surface area contributed by atoms with Gasteiger partial charge in [-0.15, -0.1) is 0 Å². The van der Waals surface area contributed by atoms with E-state index in [1.807, 2.05) is 30.3 Å². The minimum atomic E-state index is 0.753. The molecule has 3 aromatic rings. The van der Waals surface area contributed by atoms with Gasteiger partial charge in [0, 0.05) is 12.0 Å². The van der Waals surface area contributed by atoms with Gasteiger partial charge in [-0.25, -0.2) is 4.98 Å². The number of hydrogen-bond donors (Lipinski definition) is 1. The number of rotatable bonds is 3. The first-order chi connectivity index (χ1) is 9.31. The Balaban J connectivity index is 1.82. The maximum Gasteiger partial charge on any atom is 0.181 e. The summed E-state index contributed by atoms with van der Waals surface area (Å²) in [5.41, 5.74) is 3.55. The van der Waals surface area contributed by atoms with Crippen LogP contribution in [0.15, 0.2) is 54.6 Å². The van der Waals surface area contributed by atoms with E-state index in [9.17, 15) is 0 Å². The Morgan fingerprint density at radius 1 is 1.00 bits per heavy atom.